The number of hydrogen-bond acceptors (Lipinski definition) is 5. The molecule has 8 heteroatoms. The van der Waals surface area contributed by atoms with E-state index in [0.29, 0.717) is 39.3 Å². The lowest BCUT2D eigenvalue weighted by Gasteiger charge is -2.17. The van der Waals surface area contributed by atoms with Gasteiger partial charge in [-0.2, -0.15) is 0 Å². The summed E-state index contributed by atoms with van der Waals surface area (Å²) in [5.41, 5.74) is 0. The SMILES string of the molecule is COCCN1CC(C(=O)NCC2CNCC2O)CC1=O.Cl. The molecule has 2 rings (SSSR count). The first-order valence-corrected chi connectivity index (χ1v) is 7.05. The molecule has 0 aromatic heterocycles. The van der Waals surface area contributed by atoms with Crippen LogP contribution in [0, 0.1) is 11.8 Å². The highest BCUT2D eigenvalue weighted by Gasteiger charge is 2.34. The second-order valence-corrected chi connectivity index (χ2v) is 5.46. The monoisotopic (exact) mass is 321 g/mol. The smallest absolute Gasteiger partial charge is 0.225 e. The summed E-state index contributed by atoms with van der Waals surface area (Å²) >= 11 is 0. The molecule has 3 N–H and O–H groups in total. The number of rotatable bonds is 6. The Bertz CT molecular complexity index is 369. The van der Waals surface area contributed by atoms with Crippen molar-refractivity contribution in [3.8, 4) is 0 Å². The van der Waals surface area contributed by atoms with E-state index in [9.17, 15) is 14.7 Å². The number of halogens is 1. The maximum absolute atomic E-state index is 12.1. The van der Waals surface area contributed by atoms with E-state index in [4.69, 9.17) is 4.74 Å². The van der Waals surface area contributed by atoms with Crippen LogP contribution in [0.2, 0.25) is 0 Å². The van der Waals surface area contributed by atoms with Crippen molar-refractivity contribution in [2.45, 2.75) is 12.5 Å². The molecule has 2 aliphatic rings. The summed E-state index contributed by atoms with van der Waals surface area (Å²) in [5, 5.41) is 15.6. The summed E-state index contributed by atoms with van der Waals surface area (Å²) in [6.07, 6.45) is -0.139. The third-order valence-corrected chi connectivity index (χ3v) is 3.99. The molecule has 2 saturated heterocycles. The molecule has 21 heavy (non-hydrogen) atoms. The van der Waals surface area contributed by atoms with Gasteiger partial charge in [0.2, 0.25) is 11.8 Å². The van der Waals surface area contributed by atoms with Crippen molar-refractivity contribution in [2.75, 3.05) is 46.4 Å². The molecule has 3 unspecified atom stereocenters. The largest absolute Gasteiger partial charge is 0.391 e. The van der Waals surface area contributed by atoms with Crippen LogP contribution in [0.5, 0.6) is 0 Å². The van der Waals surface area contributed by atoms with Gasteiger partial charge < -0.3 is 25.4 Å². The van der Waals surface area contributed by atoms with Gasteiger partial charge in [-0.1, -0.05) is 0 Å². The lowest BCUT2D eigenvalue weighted by atomic mass is 10.0. The minimum absolute atomic E-state index is 0. The number of ether oxygens (including phenoxy) is 1. The molecule has 2 fully saturated rings. The van der Waals surface area contributed by atoms with E-state index in [1.807, 2.05) is 0 Å². The van der Waals surface area contributed by atoms with Crippen molar-refractivity contribution in [3.63, 3.8) is 0 Å². The maximum atomic E-state index is 12.1. The lowest BCUT2D eigenvalue weighted by molar-refractivity contribution is -0.129. The maximum Gasteiger partial charge on any atom is 0.225 e. The van der Waals surface area contributed by atoms with Crippen molar-refractivity contribution < 1.29 is 19.4 Å². The molecule has 7 nitrogen and oxygen atoms in total. The minimum atomic E-state index is -0.404. The number of nitrogens with one attached hydrogen (secondary N) is 2. The van der Waals surface area contributed by atoms with Crippen LogP contribution in [0.15, 0.2) is 0 Å². The molecule has 0 bridgehead atoms. The molecule has 0 aliphatic carbocycles. The second-order valence-electron chi connectivity index (χ2n) is 5.46. The number of hydrogen-bond donors (Lipinski definition) is 3. The van der Waals surface area contributed by atoms with E-state index in [1.54, 1.807) is 12.0 Å². The standard InChI is InChI=1S/C13H23N3O4.ClH/c1-20-3-2-16-8-9(4-12(16)18)13(19)15-6-10-5-14-7-11(10)17;/h9-11,14,17H,2-8H2,1H3,(H,15,19);1H. The van der Waals surface area contributed by atoms with Gasteiger partial charge in [0.25, 0.3) is 0 Å². The van der Waals surface area contributed by atoms with Crippen molar-refractivity contribution in [1.29, 1.82) is 0 Å². The minimum Gasteiger partial charge on any atom is -0.391 e. The molecule has 0 saturated carbocycles. The summed E-state index contributed by atoms with van der Waals surface area (Å²) in [7, 11) is 1.59. The van der Waals surface area contributed by atoms with Crippen molar-refractivity contribution in [1.82, 2.24) is 15.5 Å². The third kappa shape index (κ3) is 4.81. The molecule has 0 radical (unpaired) electrons. The lowest BCUT2D eigenvalue weighted by Crippen LogP contribution is -2.38. The molecule has 3 atom stereocenters. The van der Waals surface area contributed by atoms with Crippen LogP contribution in [-0.2, 0) is 14.3 Å². The fraction of sp³-hybridized carbons (Fsp3) is 0.846. The van der Waals surface area contributed by atoms with Gasteiger partial charge in [0.05, 0.1) is 18.6 Å². The predicted octanol–water partition coefficient (Wildman–Crippen LogP) is -1.40. The zero-order valence-electron chi connectivity index (χ0n) is 12.2. The average molecular weight is 322 g/mol. The Labute approximate surface area is 130 Å². The fourth-order valence-electron chi connectivity index (χ4n) is 2.67. The number of carbonyl (C=O) groups is 2. The topological polar surface area (TPSA) is 90.9 Å². The van der Waals surface area contributed by atoms with Gasteiger partial charge in [-0.05, 0) is 0 Å². The van der Waals surface area contributed by atoms with Gasteiger partial charge in [-0.3, -0.25) is 9.59 Å². The molecule has 0 aromatic carbocycles. The van der Waals surface area contributed by atoms with E-state index in [0.717, 1.165) is 0 Å². The van der Waals surface area contributed by atoms with Crippen LogP contribution >= 0.6 is 12.4 Å². The summed E-state index contributed by atoms with van der Waals surface area (Å²) in [5.74, 6) is -0.325. The van der Waals surface area contributed by atoms with Crippen LogP contribution in [0.4, 0.5) is 0 Å². The summed E-state index contributed by atoms with van der Waals surface area (Å²) in [6, 6.07) is 0. The van der Waals surface area contributed by atoms with Crippen molar-refractivity contribution >= 4 is 24.2 Å². The zero-order chi connectivity index (χ0) is 14.5. The number of methoxy groups -OCH3 is 1. The quantitative estimate of drug-likeness (QED) is 0.560. The molecular formula is C13H24ClN3O4. The first-order chi connectivity index (χ1) is 9.61. The third-order valence-electron chi connectivity index (χ3n) is 3.99. The Morgan fingerprint density at radius 3 is 2.90 bits per heavy atom. The first kappa shape index (κ1) is 18.2. The van der Waals surface area contributed by atoms with Crippen LogP contribution in [0.3, 0.4) is 0 Å². The summed E-state index contributed by atoms with van der Waals surface area (Å²) in [6.45, 7) is 3.22. The van der Waals surface area contributed by atoms with Crippen molar-refractivity contribution in [3.05, 3.63) is 0 Å². The number of carbonyl (C=O) groups excluding carboxylic acids is 2. The Morgan fingerprint density at radius 2 is 2.29 bits per heavy atom. The number of aliphatic hydroxyl groups excluding tert-OH is 1. The van der Waals surface area contributed by atoms with Gasteiger partial charge >= 0.3 is 0 Å². The highest BCUT2D eigenvalue weighted by Crippen LogP contribution is 2.18. The highest BCUT2D eigenvalue weighted by atomic mass is 35.5. The van der Waals surface area contributed by atoms with E-state index in [1.165, 1.54) is 0 Å². The predicted molar refractivity (Wildman–Crippen MR) is 79.2 cm³/mol. The van der Waals surface area contributed by atoms with E-state index < -0.39 is 6.10 Å². The van der Waals surface area contributed by atoms with Gasteiger partial charge in [-0.25, -0.2) is 0 Å². The summed E-state index contributed by atoms with van der Waals surface area (Å²) in [4.78, 5) is 25.5. The molecule has 2 heterocycles. The summed E-state index contributed by atoms with van der Waals surface area (Å²) < 4.78 is 4.95. The normalized spacial score (nSPS) is 28.6. The van der Waals surface area contributed by atoms with Crippen LogP contribution in [-0.4, -0.2) is 74.4 Å². The second kappa shape index (κ2) is 8.53. The van der Waals surface area contributed by atoms with Crippen LogP contribution in [0.1, 0.15) is 6.42 Å². The van der Waals surface area contributed by atoms with Gasteiger partial charge in [0, 0.05) is 52.2 Å². The van der Waals surface area contributed by atoms with Gasteiger partial charge in [0.1, 0.15) is 0 Å². The van der Waals surface area contributed by atoms with E-state index >= 15 is 0 Å². The average Bonchev–Trinajstić information content (AvgIpc) is 3.00. The van der Waals surface area contributed by atoms with Gasteiger partial charge in [0.15, 0.2) is 0 Å². The Kier molecular flexibility index (Phi) is 7.37. The highest BCUT2D eigenvalue weighted by molar-refractivity contribution is 5.89. The van der Waals surface area contributed by atoms with Crippen LogP contribution in [0.25, 0.3) is 0 Å². The molecular weight excluding hydrogens is 298 g/mol. The van der Waals surface area contributed by atoms with Gasteiger partial charge in [-0.15, -0.1) is 12.4 Å². The number of amides is 2. The van der Waals surface area contributed by atoms with E-state index in [2.05, 4.69) is 10.6 Å². The molecule has 2 aliphatic heterocycles. The Morgan fingerprint density at radius 1 is 1.52 bits per heavy atom. The fourth-order valence-corrected chi connectivity index (χ4v) is 2.67. The molecule has 2 amide bonds. The number of aliphatic hydroxyl groups is 1. The van der Waals surface area contributed by atoms with E-state index in [-0.39, 0.29) is 42.5 Å². The number of nitrogens with zero attached hydrogens (tertiary/aromatic N) is 1. The Hall–Kier alpha value is -0.890. The Balaban J connectivity index is 0.00000220. The molecule has 0 spiro atoms. The number of likely N-dealkylation sites (tertiary alicyclic amines) is 1. The van der Waals surface area contributed by atoms with Crippen LogP contribution < -0.4 is 10.6 Å². The van der Waals surface area contributed by atoms with Crippen molar-refractivity contribution in [2.24, 2.45) is 11.8 Å². The molecule has 122 valence electrons. The zero-order valence-corrected chi connectivity index (χ0v) is 13.0. The number of β-amino-alcohol motifs (C(OH)–C–C–N with tert-alkyl or cyclic N) is 1. The molecule has 0 aromatic rings. The first-order valence-electron chi connectivity index (χ1n) is 7.05.